The molecule has 0 aliphatic carbocycles. The molecule has 0 aromatic heterocycles. The topological polar surface area (TPSA) is 92.4 Å². The Bertz CT molecular complexity index is 517. The van der Waals surface area contributed by atoms with Gasteiger partial charge in [-0.1, -0.05) is 13.3 Å². The Morgan fingerprint density at radius 2 is 1.95 bits per heavy atom. The molecule has 1 amide bonds. The van der Waals surface area contributed by atoms with Crippen LogP contribution in [0, 0.1) is 17.6 Å². The minimum atomic E-state index is -1.45. The molecule has 0 saturated carbocycles. The highest BCUT2D eigenvalue weighted by Gasteiger charge is 2.18. The van der Waals surface area contributed by atoms with E-state index in [-0.39, 0.29) is 18.0 Å². The number of carbonyl (C=O) groups is 2. The van der Waals surface area contributed by atoms with Crippen LogP contribution in [0.25, 0.3) is 0 Å². The normalized spacial score (nSPS) is 12.0. The molecule has 1 rings (SSSR count). The molecule has 20 heavy (non-hydrogen) atoms. The fourth-order valence-electron chi connectivity index (χ4n) is 1.68. The van der Waals surface area contributed by atoms with Crippen LogP contribution >= 0.6 is 0 Å². The third-order valence-corrected chi connectivity index (χ3v) is 2.95. The smallest absolute Gasteiger partial charge is 0.337 e. The third-order valence-electron chi connectivity index (χ3n) is 2.95. The molecule has 1 aromatic rings. The number of rotatable bonds is 6. The zero-order chi connectivity index (χ0) is 15.3. The molecular formula is C13H16F2N2O3. The summed E-state index contributed by atoms with van der Waals surface area (Å²) in [5.74, 6) is -4.50. The number of halogens is 2. The van der Waals surface area contributed by atoms with E-state index in [4.69, 9.17) is 10.8 Å². The summed E-state index contributed by atoms with van der Waals surface area (Å²) < 4.78 is 26.1. The van der Waals surface area contributed by atoms with E-state index in [1.165, 1.54) is 0 Å². The number of aromatic carboxylic acids is 1. The second kappa shape index (κ2) is 6.95. The van der Waals surface area contributed by atoms with Crippen LogP contribution in [0.4, 0.5) is 14.5 Å². The highest BCUT2D eigenvalue weighted by molar-refractivity contribution is 6.00. The van der Waals surface area contributed by atoms with Gasteiger partial charge in [0.2, 0.25) is 5.91 Å². The number of hydrogen-bond donors (Lipinski definition) is 3. The average molecular weight is 286 g/mol. The molecule has 1 unspecified atom stereocenters. The monoisotopic (exact) mass is 286 g/mol. The quantitative estimate of drug-likeness (QED) is 0.745. The maximum atomic E-state index is 13.1. The third kappa shape index (κ3) is 3.99. The summed E-state index contributed by atoms with van der Waals surface area (Å²) in [6, 6.07) is 1.19. The van der Waals surface area contributed by atoms with E-state index in [1.54, 1.807) is 0 Å². The van der Waals surface area contributed by atoms with Crippen molar-refractivity contribution in [2.24, 2.45) is 11.7 Å². The van der Waals surface area contributed by atoms with E-state index in [1.807, 2.05) is 6.92 Å². The van der Waals surface area contributed by atoms with Gasteiger partial charge in [-0.15, -0.1) is 0 Å². The molecule has 0 aliphatic rings. The Labute approximate surface area is 114 Å². The number of benzene rings is 1. The average Bonchev–Trinajstić information content (AvgIpc) is 2.39. The molecule has 0 saturated heterocycles. The van der Waals surface area contributed by atoms with Gasteiger partial charge in [-0.2, -0.15) is 0 Å². The van der Waals surface area contributed by atoms with Crippen LogP contribution in [0.2, 0.25) is 0 Å². The number of nitrogens with one attached hydrogen (secondary N) is 1. The molecular weight excluding hydrogens is 270 g/mol. The molecule has 110 valence electrons. The van der Waals surface area contributed by atoms with Crippen molar-refractivity contribution in [1.82, 2.24) is 0 Å². The van der Waals surface area contributed by atoms with Gasteiger partial charge >= 0.3 is 5.97 Å². The van der Waals surface area contributed by atoms with Crippen LogP contribution in [-0.4, -0.2) is 23.5 Å². The summed E-state index contributed by atoms with van der Waals surface area (Å²) >= 11 is 0. The van der Waals surface area contributed by atoms with Crippen LogP contribution in [0.3, 0.4) is 0 Å². The number of anilines is 1. The van der Waals surface area contributed by atoms with Gasteiger partial charge in [-0.3, -0.25) is 4.79 Å². The van der Waals surface area contributed by atoms with Crippen molar-refractivity contribution in [2.75, 3.05) is 11.9 Å². The Morgan fingerprint density at radius 1 is 1.35 bits per heavy atom. The van der Waals surface area contributed by atoms with E-state index >= 15 is 0 Å². The van der Waals surface area contributed by atoms with E-state index < -0.39 is 29.1 Å². The zero-order valence-corrected chi connectivity index (χ0v) is 11.0. The zero-order valence-electron chi connectivity index (χ0n) is 11.0. The number of nitrogens with two attached hydrogens (primary N) is 1. The fourth-order valence-corrected chi connectivity index (χ4v) is 1.68. The molecule has 0 bridgehead atoms. The van der Waals surface area contributed by atoms with Gasteiger partial charge < -0.3 is 16.2 Å². The molecule has 0 heterocycles. The van der Waals surface area contributed by atoms with Gasteiger partial charge in [-0.05, 0) is 18.5 Å². The van der Waals surface area contributed by atoms with Crippen molar-refractivity contribution >= 4 is 17.6 Å². The molecule has 7 heteroatoms. The molecule has 0 aliphatic heterocycles. The first-order valence-electron chi connectivity index (χ1n) is 6.11. The Morgan fingerprint density at radius 3 is 2.45 bits per heavy atom. The van der Waals surface area contributed by atoms with Crippen molar-refractivity contribution in [2.45, 2.75) is 19.8 Å². The summed E-state index contributed by atoms with van der Waals surface area (Å²) in [6.07, 6.45) is 0.776. The number of amides is 1. The van der Waals surface area contributed by atoms with Gasteiger partial charge in [0, 0.05) is 12.5 Å². The summed E-state index contributed by atoms with van der Waals surface area (Å²) in [5.41, 5.74) is 4.69. The molecule has 1 aromatic carbocycles. The Hall–Kier alpha value is -2.02. The number of carboxylic acids is 1. The summed E-state index contributed by atoms with van der Waals surface area (Å²) in [5, 5.41) is 11.2. The maximum absolute atomic E-state index is 13.1. The number of carbonyl (C=O) groups excluding carboxylic acids is 1. The second-order valence-corrected chi connectivity index (χ2v) is 4.38. The predicted octanol–water partition coefficient (Wildman–Crippen LogP) is 1.98. The first-order valence-corrected chi connectivity index (χ1v) is 6.11. The molecule has 4 N–H and O–H groups in total. The summed E-state index contributed by atoms with van der Waals surface area (Å²) in [7, 11) is 0. The lowest BCUT2D eigenvalue weighted by molar-refractivity contribution is -0.117. The van der Waals surface area contributed by atoms with Crippen molar-refractivity contribution in [1.29, 1.82) is 0 Å². The second-order valence-electron chi connectivity index (χ2n) is 4.38. The first kappa shape index (κ1) is 16.0. The van der Waals surface area contributed by atoms with Gasteiger partial charge in [0.15, 0.2) is 11.6 Å². The van der Waals surface area contributed by atoms with Gasteiger partial charge in [-0.25, -0.2) is 13.6 Å². The van der Waals surface area contributed by atoms with Crippen LogP contribution < -0.4 is 11.1 Å². The predicted molar refractivity (Wildman–Crippen MR) is 69.4 cm³/mol. The van der Waals surface area contributed by atoms with Crippen molar-refractivity contribution in [3.05, 3.63) is 29.3 Å². The van der Waals surface area contributed by atoms with Gasteiger partial charge in [0.1, 0.15) is 0 Å². The van der Waals surface area contributed by atoms with E-state index in [2.05, 4.69) is 5.32 Å². The fraction of sp³-hybridized carbons (Fsp3) is 0.385. The van der Waals surface area contributed by atoms with E-state index in [0.717, 1.165) is 0 Å². The maximum Gasteiger partial charge on any atom is 0.337 e. The summed E-state index contributed by atoms with van der Waals surface area (Å²) in [6.45, 7) is 2.18. The SMILES string of the molecule is CCC(CN)CC(=O)Nc1cc(F)c(F)cc1C(=O)O. The molecule has 5 nitrogen and oxygen atoms in total. The van der Waals surface area contributed by atoms with Crippen molar-refractivity contribution in [3.8, 4) is 0 Å². The van der Waals surface area contributed by atoms with Gasteiger partial charge in [0.25, 0.3) is 0 Å². The molecule has 0 radical (unpaired) electrons. The van der Waals surface area contributed by atoms with Crippen LogP contribution in [0.1, 0.15) is 30.1 Å². The van der Waals surface area contributed by atoms with Crippen LogP contribution in [-0.2, 0) is 4.79 Å². The molecule has 0 spiro atoms. The lowest BCUT2D eigenvalue weighted by atomic mass is 10.0. The minimum absolute atomic E-state index is 0.0476. The Kier molecular flexibility index (Phi) is 5.57. The van der Waals surface area contributed by atoms with Crippen LogP contribution in [0.5, 0.6) is 0 Å². The van der Waals surface area contributed by atoms with E-state index in [9.17, 15) is 18.4 Å². The van der Waals surface area contributed by atoms with Gasteiger partial charge in [0.05, 0.1) is 11.3 Å². The highest BCUT2D eigenvalue weighted by atomic mass is 19.2. The Balaban J connectivity index is 2.94. The first-order chi connectivity index (χ1) is 9.38. The molecule has 1 atom stereocenters. The summed E-state index contributed by atoms with van der Waals surface area (Å²) in [4.78, 5) is 22.7. The van der Waals surface area contributed by atoms with Crippen LogP contribution in [0.15, 0.2) is 12.1 Å². The highest BCUT2D eigenvalue weighted by Crippen LogP contribution is 2.21. The number of hydrogen-bond acceptors (Lipinski definition) is 3. The van der Waals surface area contributed by atoms with Crippen molar-refractivity contribution in [3.63, 3.8) is 0 Å². The minimum Gasteiger partial charge on any atom is -0.478 e. The van der Waals surface area contributed by atoms with Crippen molar-refractivity contribution < 1.29 is 23.5 Å². The standard InChI is InChI=1S/C13H16F2N2O3/c1-2-7(6-16)3-12(18)17-11-5-10(15)9(14)4-8(11)13(19)20/h4-5,7H,2-3,6,16H2,1H3,(H,17,18)(H,19,20). The lowest BCUT2D eigenvalue weighted by Crippen LogP contribution is -2.22. The van der Waals surface area contributed by atoms with E-state index in [0.29, 0.717) is 25.1 Å². The lowest BCUT2D eigenvalue weighted by Gasteiger charge is -2.13. The molecule has 0 fully saturated rings. The largest absolute Gasteiger partial charge is 0.478 e. The number of carboxylic acid groups (broad SMARTS) is 1.